The van der Waals surface area contributed by atoms with E-state index < -0.39 is 26.1 Å². The molecule has 1 atom stereocenters. The van der Waals surface area contributed by atoms with Gasteiger partial charge in [0.1, 0.15) is 5.82 Å². The molecule has 1 unspecified atom stereocenters. The Labute approximate surface area is 105 Å². The fourth-order valence-corrected chi connectivity index (χ4v) is 3.38. The van der Waals surface area contributed by atoms with E-state index in [2.05, 4.69) is 0 Å². The van der Waals surface area contributed by atoms with Crippen LogP contribution in [0.15, 0.2) is 23.1 Å². The summed E-state index contributed by atoms with van der Waals surface area (Å²) < 4.78 is 37.0. The van der Waals surface area contributed by atoms with Gasteiger partial charge in [0, 0.05) is 6.42 Å². The molecule has 1 rings (SSSR count). The Hall–Kier alpha value is -0.940. The molecule has 0 aliphatic carbocycles. The largest absolute Gasteiger partial charge is 0.281 e. The number of halogens is 2. The molecule has 1 aromatic carbocycles. The zero-order valence-corrected chi connectivity index (χ0v) is 11.0. The normalized spacial score (nSPS) is 13.4. The molecule has 1 aromatic rings. The molecule has 0 heterocycles. The van der Waals surface area contributed by atoms with E-state index in [9.17, 15) is 17.6 Å². The van der Waals surface area contributed by atoms with E-state index in [4.69, 9.17) is 11.6 Å². The average Bonchev–Trinajstić information content (AvgIpc) is 2.15. The summed E-state index contributed by atoms with van der Waals surface area (Å²) in [6.07, 6.45) is -0.263. The average molecular weight is 279 g/mol. The molecule has 6 heteroatoms. The van der Waals surface area contributed by atoms with E-state index >= 15 is 0 Å². The van der Waals surface area contributed by atoms with Crippen LogP contribution in [0, 0.1) is 12.7 Å². The van der Waals surface area contributed by atoms with Crippen LogP contribution in [-0.4, -0.2) is 18.9 Å². The molecule has 0 aliphatic rings. The van der Waals surface area contributed by atoms with Gasteiger partial charge in [0.05, 0.1) is 10.1 Å². The molecule has 0 N–H and O–H groups in total. The van der Waals surface area contributed by atoms with Crippen LogP contribution >= 0.6 is 11.6 Å². The van der Waals surface area contributed by atoms with Gasteiger partial charge in [-0.1, -0.05) is 0 Å². The number of sulfone groups is 1. The van der Waals surface area contributed by atoms with Crippen molar-refractivity contribution in [2.45, 2.75) is 30.4 Å². The number of aryl methyl sites for hydroxylation is 1. The zero-order chi connectivity index (χ0) is 13.2. The molecule has 0 saturated carbocycles. The minimum atomic E-state index is -3.65. The lowest BCUT2D eigenvalue weighted by Gasteiger charge is -2.13. The van der Waals surface area contributed by atoms with Crippen LogP contribution in [0.5, 0.6) is 0 Å². The second-order valence-corrected chi connectivity index (χ2v) is 6.58. The molecule has 17 heavy (non-hydrogen) atoms. The van der Waals surface area contributed by atoms with E-state index in [1.807, 2.05) is 0 Å². The van der Waals surface area contributed by atoms with Crippen LogP contribution in [0.25, 0.3) is 0 Å². The fourth-order valence-electron chi connectivity index (χ4n) is 1.48. The summed E-state index contributed by atoms with van der Waals surface area (Å²) in [5.41, 5.74) is 0.318. The summed E-state index contributed by atoms with van der Waals surface area (Å²) in [6, 6.07) is 3.42. The molecule has 0 fully saturated rings. The number of benzene rings is 1. The lowest BCUT2D eigenvalue weighted by atomic mass is 10.2. The molecule has 0 bridgehead atoms. The lowest BCUT2D eigenvalue weighted by Crippen LogP contribution is -2.21. The maximum absolute atomic E-state index is 12.9. The molecule has 0 spiro atoms. The lowest BCUT2D eigenvalue weighted by molar-refractivity contribution is -0.111. The van der Waals surface area contributed by atoms with Gasteiger partial charge in [0.15, 0.2) is 9.84 Å². The topological polar surface area (TPSA) is 51.2 Å². The Kier molecular flexibility index (Phi) is 4.27. The summed E-state index contributed by atoms with van der Waals surface area (Å²) in [5, 5.41) is -1.63. The van der Waals surface area contributed by atoms with Gasteiger partial charge in [-0.05, 0) is 49.2 Å². The Morgan fingerprint density at radius 1 is 1.47 bits per heavy atom. The summed E-state index contributed by atoms with van der Waals surface area (Å²) in [5.74, 6) is -0.498. The van der Waals surface area contributed by atoms with Gasteiger partial charge >= 0.3 is 0 Å². The molecule has 0 radical (unpaired) electrons. The molecule has 0 saturated heterocycles. The van der Waals surface area contributed by atoms with Gasteiger partial charge in [0.25, 0.3) is 0 Å². The maximum Gasteiger partial charge on any atom is 0.222 e. The number of hydrogen-bond acceptors (Lipinski definition) is 3. The van der Waals surface area contributed by atoms with Crippen molar-refractivity contribution in [3.63, 3.8) is 0 Å². The Morgan fingerprint density at radius 3 is 2.53 bits per heavy atom. The molecule has 94 valence electrons. The first-order valence-corrected chi connectivity index (χ1v) is 6.86. The van der Waals surface area contributed by atoms with Crippen LogP contribution in [0.3, 0.4) is 0 Å². The van der Waals surface area contributed by atoms with E-state index in [0.717, 1.165) is 12.1 Å². The van der Waals surface area contributed by atoms with Crippen LogP contribution in [-0.2, 0) is 14.6 Å². The summed E-state index contributed by atoms with van der Waals surface area (Å²) in [6.45, 7) is 2.91. The first kappa shape index (κ1) is 14.1. The van der Waals surface area contributed by atoms with Crippen molar-refractivity contribution in [1.82, 2.24) is 0 Å². The summed E-state index contributed by atoms with van der Waals surface area (Å²) >= 11 is 5.17. The first-order valence-electron chi connectivity index (χ1n) is 4.93. The van der Waals surface area contributed by atoms with Crippen molar-refractivity contribution in [3.8, 4) is 0 Å². The van der Waals surface area contributed by atoms with E-state index in [1.165, 1.54) is 19.9 Å². The van der Waals surface area contributed by atoms with Gasteiger partial charge in [-0.25, -0.2) is 12.8 Å². The molecule has 3 nitrogen and oxygen atoms in total. The van der Waals surface area contributed by atoms with Crippen LogP contribution < -0.4 is 0 Å². The highest BCUT2D eigenvalue weighted by molar-refractivity contribution is 7.92. The molecule has 0 amide bonds. The third-order valence-electron chi connectivity index (χ3n) is 2.42. The highest BCUT2D eigenvalue weighted by atomic mass is 35.5. The van der Waals surface area contributed by atoms with E-state index in [-0.39, 0.29) is 11.3 Å². The van der Waals surface area contributed by atoms with Gasteiger partial charge in [-0.15, -0.1) is 0 Å². The maximum atomic E-state index is 12.9. The zero-order valence-electron chi connectivity index (χ0n) is 9.41. The Balaban J connectivity index is 3.17. The predicted molar refractivity (Wildman–Crippen MR) is 63.3 cm³/mol. The third-order valence-corrected chi connectivity index (χ3v) is 4.87. The van der Waals surface area contributed by atoms with Crippen molar-refractivity contribution in [1.29, 1.82) is 0 Å². The van der Waals surface area contributed by atoms with Crippen LogP contribution in [0.4, 0.5) is 4.39 Å². The second kappa shape index (κ2) is 5.14. The number of hydrogen-bond donors (Lipinski definition) is 0. The number of rotatable bonds is 4. The monoisotopic (exact) mass is 278 g/mol. The van der Waals surface area contributed by atoms with Crippen LogP contribution in [0.2, 0.25) is 0 Å². The minimum Gasteiger partial charge on any atom is -0.281 e. The third kappa shape index (κ3) is 3.26. The SMILES string of the molecule is Cc1cc(F)ccc1S(=O)(=O)C(C)CC(=O)Cl. The van der Waals surface area contributed by atoms with Gasteiger partial charge in [-0.2, -0.15) is 0 Å². The van der Waals surface area contributed by atoms with Gasteiger partial charge in [-0.3, -0.25) is 4.79 Å². The van der Waals surface area contributed by atoms with Gasteiger partial charge < -0.3 is 0 Å². The van der Waals surface area contributed by atoms with Crippen molar-refractivity contribution in [3.05, 3.63) is 29.6 Å². The van der Waals surface area contributed by atoms with Gasteiger partial charge in [0.2, 0.25) is 5.24 Å². The van der Waals surface area contributed by atoms with E-state index in [1.54, 1.807) is 0 Å². The number of carbonyl (C=O) groups is 1. The smallest absolute Gasteiger partial charge is 0.222 e. The summed E-state index contributed by atoms with van der Waals surface area (Å²) in [4.78, 5) is 10.7. The Morgan fingerprint density at radius 2 is 2.06 bits per heavy atom. The van der Waals surface area contributed by atoms with Crippen LogP contribution in [0.1, 0.15) is 18.9 Å². The predicted octanol–water partition coefficient (Wildman–Crippen LogP) is 2.45. The standard InChI is InChI=1S/C11H12ClFO3S/c1-7-5-9(13)3-4-10(7)17(15,16)8(2)6-11(12)14/h3-5,8H,6H2,1-2H3. The highest BCUT2D eigenvalue weighted by Gasteiger charge is 2.26. The van der Waals surface area contributed by atoms with Crippen molar-refractivity contribution in [2.75, 3.05) is 0 Å². The van der Waals surface area contributed by atoms with Crippen molar-refractivity contribution < 1.29 is 17.6 Å². The first-order chi connectivity index (χ1) is 7.75. The highest BCUT2D eigenvalue weighted by Crippen LogP contribution is 2.23. The molecular weight excluding hydrogens is 267 g/mol. The van der Waals surface area contributed by atoms with Crippen molar-refractivity contribution in [2.24, 2.45) is 0 Å². The quantitative estimate of drug-likeness (QED) is 0.628. The molecule has 0 aliphatic heterocycles. The molecular formula is C11H12ClFO3S. The second-order valence-electron chi connectivity index (χ2n) is 3.82. The molecule has 0 aromatic heterocycles. The summed E-state index contributed by atoms with van der Waals surface area (Å²) in [7, 11) is -3.65. The van der Waals surface area contributed by atoms with E-state index in [0.29, 0.717) is 5.56 Å². The number of carbonyl (C=O) groups excluding carboxylic acids is 1. The minimum absolute atomic E-state index is 0.0318. The fraction of sp³-hybridized carbons (Fsp3) is 0.364. The van der Waals surface area contributed by atoms with Crippen molar-refractivity contribution >= 4 is 26.7 Å². The Bertz CT molecular complexity index is 540.